The zero-order valence-electron chi connectivity index (χ0n) is 32.9. The van der Waals surface area contributed by atoms with Crippen molar-refractivity contribution in [2.45, 2.75) is 141 Å². The van der Waals surface area contributed by atoms with Gasteiger partial charge in [0.15, 0.2) is 0 Å². The molecule has 3 amide bonds. The molecule has 0 aromatic heterocycles. The number of carbonyl (C=O) groups excluding carboxylic acids is 3. The molecule has 0 saturated heterocycles. The number of nitrogens with one attached hydrogen (secondary N) is 3. The van der Waals surface area contributed by atoms with Gasteiger partial charge >= 0.3 is 88.7 Å². The van der Waals surface area contributed by atoms with Crippen LogP contribution < -0.4 is 105 Å². The van der Waals surface area contributed by atoms with E-state index >= 15 is 0 Å². The van der Waals surface area contributed by atoms with E-state index in [0.29, 0.717) is 0 Å². The van der Waals surface area contributed by atoms with E-state index in [9.17, 15) is 60.8 Å². The Morgan fingerprint density at radius 2 is 0.904 bits per heavy atom. The van der Waals surface area contributed by atoms with E-state index in [2.05, 4.69) is 22.9 Å². The van der Waals surface area contributed by atoms with Crippen molar-refractivity contribution in [3.05, 3.63) is 6.92 Å². The minimum absolute atomic E-state index is 0. The second-order valence-electron chi connectivity index (χ2n) is 15.2. The number of amides is 3. The average molecular weight is 814 g/mol. The molecular weight excluding hydrogens is 755 g/mol. The molecule has 0 fully saturated rings. The SMILES string of the molecule is [CH2-]C(C)(C)NC(=O)C(CC(O)CC(C)O)CC(CC(CC(O)CC(O)CC)C(=O)NC(C)(C)CS(=O)(=O)[O-])C(=O)NC(C)(C)CS(=O)(=O)[O-].[Na+].[Na+].[Na+]. The standard InChI is InChI=1S/C31H60N3O13S2.3Na/c1-10-23(36)16-25(38)15-22(28(41)34-31(8,9)18-49(45,46)47)13-20(27(40)33-30(6,7)17-48(42,43)44)12-21(14-24(37)11-19(2)35)26(39)32-29(3,4)5;;;/h19-25,35-38H,3,10-18H2,1-2,4-9H3,(H,32,39)(H,33,40)(H,34,41)(H,42,43,44)(H,45,46,47);;;/q-1;3*+1/p-2. The molecule has 7 atom stereocenters. The van der Waals surface area contributed by atoms with Crippen LogP contribution in [-0.4, -0.2) is 117 Å². The zero-order chi connectivity index (χ0) is 38.8. The Kier molecular flexibility index (Phi) is 29.2. The minimum atomic E-state index is -4.83. The number of rotatable bonds is 23. The van der Waals surface area contributed by atoms with Crippen molar-refractivity contribution < 1.29 is 149 Å². The maximum absolute atomic E-state index is 13.9. The normalized spacial score (nSPS) is 16.6. The summed E-state index contributed by atoms with van der Waals surface area (Å²) in [6, 6.07) is 0. The van der Waals surface area contributed by atoms with Gasteiger partial charge in [0, 0.05) is 28.8 Å². The van der Waals surface area contributed by atoms with Crippen LogP contribution in [0.5, 0.6) is 0 Å². The van der Waals surface area contributed by atoms with E-state index in [1.165, 1.54) is 34.6 Å². The molecule has 0 aliphatic carbocycles. The summed E-state index contributed by atoms with van der Waals surface area (Å²) < 4.78 is 69.2. The van der Waals surface area contributed by atoms with Crippen LogP contribution in [-0.2, 0) is 34.6 Å². The summed E-state index contributed by atoms with van der Waals surface area (Å²) in [7, 11) is -9.63. The predicted octanol–water partition coefficient (Wildman–Crippen LogP) is -9.33. The summed E-state index contributed by atoms with van der Waals surface area (Å²) in [6.07, 6.45) is -5.72. The van der Waals surface area contributed by atoms with Gasteiger partial charge in [-0.05, 0) is 79.6 Å². The maximum Gasteiger partial charge on any atom is 1.00 e. The van der Waals surface area contributed by atoms with Crippen LogP contribution in [0.4, 0.5) is 0 Å². The fourth-order valence-electron chi connectivity index (χ4n) is 5.60. The van der Waals surface area contributed by atoms with Crippen molar-refractivity contribution in [2.75, 3.05) is 11.5 Å². The van der Waals surface area contributed by atoms with E-state index in [1.54, 1.807) is 20.8 Å². The van der Waals surface area contributed by atoms with Crippen molar-refractivity contribution in [1.29, 1.82) is 0 Å². The second-order valence-corrected chi connectivity index (χ2v) is 18.1. The Morgan fingerprint density at radius 1 is 0.596 bits per heavy atom. The third kappa shape index (κ3) is 29.3. The van der Waals surface area contributed by atoms with Gasteiger partial charge in [-0.25, -0.2) is 16.8 Å². The van der Waals surface area contributed by atoms with Gasteiger partial charge in [-0.3, -0.25) is 14.4 Å². The Labute approximate surface area is 376 Å². The van der Waals surface area contributed by atoms with Crippen molar-refractivity contribution in [3.8, 4) is 0 Å². The van der Waals surface area contributed by atoms with Crippen molar-refractivity contribution in [3.63, 3.8) is 0 Å². The van der Waals surface area contributed by atoms with E-state index in [0.717, 1.165) is 0 Å². The summed E-state index contributed by atoms with van der Waals surface area (Å²) in [5.74, 6) is -8.07. The second kappa shape index (κ2) is 25.4. The van der Waals surface area contributed by atoms with Gasteiger partial charge in [-0.2, -0.15) is 0 Å². The molecule has 0 aliphatic heterocycles. The molecule has 0 aromatic carbocycles. The third-order valence-electron chi connectivity index (χ3n) is 7.45. The number of aliphatic hydroxyl groups excluding tert-OH is 4. The van der Waals surface area contributed by atoms with Gasteiger partial charge in [0.1, 0.15) is 0 Å². The van der Waals surface area contributed by atoms with E-state index in [1.807, 2.05) is 0 Å². The van der Waals surface area contributed by atoms with Gasteiger partial charge in [0.2, 0.25) is 17.7 Å². The monoisotopic (exact) mass is 813 g/mol. The van der Waals surface area contributed by atoms with Gasteiger partial charge in [-0.15, -0.1) is 0 Å². The molecule has 7 N–H and O–H groups in total. The average Bonchev–Trinajstić information content (AvgIpc) is 2.81. The first-order valence-electron chi connectivity index (χ1n) is 16.2. The van der Waals surface area contributed by atoms with Gasteiger partial charge in [0.05, 0.1) is 56.2 Å². The number of aliphatic hydroxyl groups is 4. The molecule has 0 heterocycles. The van der Waals surface area contributed by atoms with Gasteiger partial charge in [0.25, 0.3) is 0 Å². The largest absolute Gasteiger partial charge is 1.00 e. The van der Waals surface area contributed by atoms with Crippen LogP contribution in [0.2, 0.25) is 0 Å². The van der Waals surface area contributed by atoms with Gasteiger partial charge in [-0.1, -0.05) is 26.3 Å². The van der Waals surface area contributed by atoms with E-state index in [4.69, 9.17) is 0 Å². The molecular formula is C31H58N3Na3O13S2. The topological polar surface area (TPSA) is 283 Å². The molecule has 21 heteroatoms. The Morgan fingerprint density at radius 3 is 1.19 bits per heavy atom. The van der Waals surface area contributed by atoms with Crippen molar-refractivity contribution >= 4 is 38.0 Å². The van der Waals surface area contributed by atoms with Crippen molar-refractivity contribution in [2.24, 2.45) is 17.8 Å². The smallest absolute Gasteiger partial charge is 0.748 e. The first-order chi connectivity index (χ1) is 21.8. The molecule has 0 saturated carbocycles. The summed E-state index contributed by atoms with van der Waals surface area (Å²) in [5.41, 5.74) is -4.19. The Hall–Kier alpha value is 1.07. The summed E-state index contributed by atoms with van der Waals surface area (Å²) >= 11 is 0. The molecule has 0 radical (unpaired) electrons. The fourth-order valence-corrected chi connectivity index (χ4v) is 7.52. The quantitative estimate of drug-likeness (QED) is 0.0287. The molecule has 52 heavy (non-hydrogen) atoms. The molecule has 7 unspecified atom stereocenters. The van der Waals surface area contributed by atoms with E-state index < -0.39 is 115 Å². The van der Waals surface area contributed by atoms with Crippen LogP contribution in [0.15, 0.2) is 0 Å². The minimum Gasteiger partial charge on any atom is -0.748 e. The molecule has 290 valence electrons. The van der Waals surface area contributed by atoms with E-state index in [-0.39, 0.29) is 127 Å². The van der Waals surface area contributed by atoms with Gasteiger partial charge < -0.3 is 52.4 Å². The number of hydrogen-bond donors (Lipinski definition) is 7. The molecule has 16 nitrogen and oxygen atoms in total. The van der Waals surface area contributed by atoms with Crippen LogP contribution >= 0.6 is 0 Å². The van der Waals surface area contributed by atoms with Crippen molar-refractivity contribution in [1.82, 2.24) is 16.0 Å². The Bertz CT molecular complexity index is 1310. The van der Waals surface area contributed by atoms with Crippen LogP contribution in [0.3, 0.4) is 0 Å². The number of hydrogen-bond acceptors (Lipinski definition) is 13. The maximum atomic E-state index is 13.9. The predicted molar refractivity (Wildman–Crippen MR) is 179 cm³/mol. The summed E-state index contributed by atoms with van der Waals surface area (Å²) in [4.78, 5) is 41.0. The molecule has 0 aromatic rings. The summed E-state index contributed by atoms with van der Waals surface area (Å²) in [6.45, 7) is 15.3. The Balaban J connectivity index is -0.00000384. The first kappa shape index (κ1) is 59.8. The zero-order valence-corrected chi connectivity index (χ0v) is 40.5. The fraction of sp³-hybridized carbons (Fsp3) is 0.871. The molecule has 0 spiro atoms. The molecule has 0 rings (SSSR count). The first-order valence-corrected chi connectivity index (χ1v) is 19.4. The van der Waals surface area contributed by atoms with Crippen LogP contribution in [0.1, 0.15) is 100 Å². The molecule has 0 aliphatic rings. The third-order valence-corrected chi connectivity index (χ3v) is 9.60. The number of carbonyl (C=O) groups is 3. The molecule has 0 bridgehead atoms. The van der Waals surface area contributed by atoms with Crippen LogP contribution in [0, 0.1) is 24.7 Å². The summed E-state index contributed by atoms with van der Waals surface area (Å²) in [5, 5.41) is 49.0. The van der Waals surface area contributed by atoms with Crippen LogP contribution in [0.25, 0.3) is 0 Å².